The molecule has 0 fully saturated rings. The molecular formula is C16H32N2O4+2. The number of hydrogen-bond acceptors (Lipinski definition) is 4. The van der Waals surface area contributed by atoms with Gasteiger partial charge in [0.1, 0.15) is 26.3 Å². The van der Waals surface area contributed by atoms with Crippen molar-refractivity contribution in [3.8, 4) is 0 Å². The minimum absolute atomic E-state index is 0.153. The lowest BCUT2D eigenvalue weighted by Crippen LogP contribution is -2.38. The normalized spacial score (nSPS) is 11.9. The first-order valence-electron chi connectivity index (χ1n) is 7.52. The molecule has 0 saturated carbocycles. The first kappa shape index (κ1) is 20.6. The van der Waals surface area contributed by atoms with E-state index in [1.165, 1.54) is 0 Å². The van der Waals surface area contributed by atoms with E-state index >= 15 is 0 Å². The van der Waals surface area contributed by atoms with Crippen LogP contribution in [0.25, 0.3) is 0 Å². The van der Waals surface area contributed by atoms with E-state index in [0.717, 1.165) is 22.1 Å². The van der Waals surface area contributed by atoms with Gasteiger partial charge in [-0.3, -0.25) is 4.79 Å². The monoisotopic (exact) mass is 316 g/mol. The average Bonchev–Trinajstić information content (AvgIpc) is 2.32. The van der Waals surface area contributed by atoms with Crippen LogP contribution in [0, 0.1) is 0 Å². The minimum atomic E-state index is -0.437. The summed E-state index contributed by atoms with van der Waals surface area (Å²) < 4.78 is 11.7. The van der Waals surface area contributed by atoms with Gasteiger partial charge in [0.2, 0.25) is 0 Å². The smallest absolute Gasteiger partial charge is 0.333 e. The summed E-state index contributed by atoms with van der Waals surface area (Å²) in [7, 11) is 12.2. The fraction of sp³-hybridized carbons (Fsp3) is 0.750. The second-order valence-electron chi connectivity index (χ2n) is 7.49. The number of nitrogens with zero attached hydrogens (tertiary/aromatic N) is 2. The third-order valence-electron chi connectivity index (χ3n) is 2.94. The Hall–Kier alpha value is -1.40. The summed E-state index contributed by atoms with van der Waals surface area (Å²) in [6.45, 7) is 5.87. The van der Waals surface area contributed by atoms with Gasteiger partial charge in [-0.2, -0.15) is 0 Å². The molecule has 0 aliphatic carbocycles. The predicted octanol–water partition coefficient (Wildman–Crippen LogP) is 0.822. The number of hydrogen-bond donors (Lipinski definition) is 0. The molecule has 0 radical (unpaired) electrons. The standard InChI is InChI=1S/C16H32N2O4/c1-14(16(20)22-13-11-18(5,6)7)8-9-15(19)21-12-10-17(2,3)4/h1,8-13H2,2-7H3/q+2. The van der Waals surface area contributed by atoms with E-state index < -0.39 is 5.97 Å². The fourth-order valence-electron chi connectivity index (χ4n) is 1.37. The van der Waals surface area contributed by atoms with Crippen molar-refractivity contribution in [2.24, 2.45) is 0 Å². The van der Waals surface area contributed by atoms with Gasteiger partial charge in [0.25, 0.3) is 0 Å². The molecule has 0 atom stereocenters. The van der Waals surface area contributed by atoms with Crippen molar-refractivity contribution >= 4 is 11.9 Å². The Morgan fingerprint density at radius 1 is 0.818 bits per heavy atom. The van der Waals surface area contributed by atoms with Crippen LogP contribution in [0.3, 0.4) is 0 Å². The van der Waals surface area contributed by atoms with Crippen LogP contribution in [0.1, 0.15) is 12.8 Å². The molecule has 0 rings (SSSR count). The third kappa shape index (κ3) is 12.3. The average molecular weight is 316 g/mol. The molecule has 0 bridgehead atoms. The molecule has 6 heteroatoms. The zero-order valence-corrected chi connectivity index (χ0v) is 15.0. The number of carbonyl (C=O) groups is 2. The van der Waals surface area contributed by atoms with Gasteiger partial charge < -0.3 is 18.4 Å². The molecule has 0 aliphatic heterocycles. The van der Waals surface area contributed by atoms with Crippen LogP contribution >= 0.6 is 0 Å². The Morgan fingerprint density at radius 2 is 1.27 bits per heavy atom. The number of likely N-dealkylation sites (N-methyl/N-ethyl adjacent to an activating group) is 2. The van der Waals surface area contributed by atoms with E-state index in [0.29, 0.717) is 18.8 Å². The fourth-order valence-corrected chi connectivity index (χ4v) is 1.37. The zero-order valence-electron chi connectivity index (χ0n) is 15.0. The summed E-state index contributed by atoms with van der Waals surface area (Å²) >= 11 is 0. The van der Waals surface area contributed by atoms with Gasteiger partial charge in [0.05, 0.1) is 42.3 Å². The van der Waals surface area contributed by atoms with Gasteiger partial charge >= 0.3 is 11.9 Å². The number of carbonyl (C=O) groups excluding carboxylic acids is 2. The first-order chi connectivity index (χ1) is 9.91. The van der Waals surface area contributed by atoms with Crippen LogP contribution in [0.2, 0.25) is 0 Å². The highest BCUT2D eigenvalue weighted by Gasteiger charge is 2.14. The van der Waals surface area contributed by atoms with E-state index in [1.54, 1.807) is 0 Å². The van der Waals surface area contributed by atoms with Crippen LogP contribution < -0.4 is 0 Å². The van der Waals surface area contributed by atoms with E-state index in [2.05, 4.69) is 6.58 Å². The molecule has 0 spiro atoms. The molecular weight excluding hydrogens is 284 g/mol. The largest absolute Gasteiger partial charge is 0.460 e. The molecule has 0 heterocycles. The summed E-state index contributed by atoms with van der Waals surface area (Å²) in [5, 5.41) is 0. The van der Waals surface area contributed by atoms with Crippen molar-refractivity contribution in [3.63, 3.8) is 0 Å². The number of ether oxygens (including phenoxy) is 2. The summed E-state index contributed by atoms with van der Waals surface area (Å²) in [5.41, 5.74) is 0.310. The van der Waals surface area contributed by atoms with Crippen LogP contribution in [0.15, 0.2) is 12.2 Å². The molecule has 0 amide bonds. The van der Waals surface area contributed by atoms with Crippen molar-refractivity contribution in [1.29, 1.82) is 0 Å². The van der Waals surface area contributed by atoms with E-state index in [9.17, 15) is 9.59 Å². The topological polar surface area (TPSA) is 52.6 Å². The maximum atomic E-state index is 11.7. The predicted molar refractivity (Wildman–Crippen MR) is 86.1 cm³/mol. The molecule has 0 N–H and O–H groups in total. The molecule has 0 aromatic carbocycles. The van der Waals surface area contributed by atoms with Crippen molar-refractivity contribution in [2.45, 2.75) is 12.8 Å². The first-order valence-corrected chi connectivity index (χ1v) is 7.52. The molecule has 0 unspecified atom stereocenters. The van der Waals surface area contributed by atoms with Crippen LogP contribution in [-0.2, 0) is 19.1 Å². The number of quaternary nitrogens is 2. The lowest BCUT2D eigenvalue weighted by atomic mass is 10.2. The summed E-state index contributed by atoms with van der Waals surface area (Å²) in [5.74, 6) is -0.749. The maximum Gasteiger partial charge on any atom is 0.333 e. The van der Waals surface area contributed by atoms with Crippen molar-refractivity contribution < 1.29 is 28.0 Å². The van der Waals surface area contributed by atoms with E-state index in [-0.39, 0.29) is 18.8 Å². The third-order valence-corrected chi connectivity index (χ3v) is 2.94. The van der Waals surface area contributed by atoms with Gasteiger partial charge in [-0.05, 0) is 6.42 Å². The van der Waals surface area contributed by atoms with Crippen LogP contribution in [-0.4, -0.2) is 89.5 Å². The molecule has 0 aromatic heterocycles. The Bertz CT molecular complexity index is 392. The highest BCUT2D eigenvalue weighted by Crippen LogP contribution is 2.06. The minimum Gasteiger partial charge on any atom is -0.460 e. The van der Waals surface area contributed by atoms with E-state index in [1.807, 2.05) is 42.3 Å². The Kier molecular flexibility index (Phi) is 8.34. The summed E-state index contributed by atoms with van der Waals surface area (Å²) in [6.07, 6.45) is 0.423. The highest BCUT2D eigenvalue weighted by atomic mass is 16.5. The Balaban J connectivity index is 3.87. The number of rotatable bonds is 10. The van der Waals surface area contributed by atoms with Crippen molar-refractivity contribution in [2.75, 3.05) is 68.6 Å². The molecule has 0 saturated heterocycles. The van der Waals surface area contributed by atoms with Gasteiger partial charge in [-0.1, -0.05) is 6.58 Å². The molecule has 22 heavy (non-hydrogen) atoms. The Labute approximate surface area is 134 Å². The SMILES string of the molecule is C=C(CCC(=O)OCC[N+](C)(C)C)C(=O)OCC[N+](C)(C)C. The van der Waals surface area contributed by atoms with Crippen LogP contribution in [0.5, 0.6) is 0 Å². The maximum absolute atomic E-state index is 11.7. The van der Waals surface area contributed by atoms with Gasteiger partial charge in [-0.15, -0.1) is 0 Å². The van der Waals surface area contributed by atoms with Crippen molar-refractivity contribution in [3.05, 3.63) is 12.2 Å². The quantitative estimate of drug-likeness (QED) is 0.340. The highest BCUT2D eigenvalue weighted by molar-refractivity contribution is 5.88. The van der Waals surface area contributed by atoms with Gasteiger partial charge in [0.15, 0.2) is 0 Å². The van der Waals surface area contributed by atoms with Crippen LogP contribution in [0.4, 0.5) is 0 Å². The Morgan fingerprint density at radius 3 is 1.73 bits per heavy atom. The molecule has 128 valence electrons. The van der Waals surface area contributed by atoms with E-state index in [4.69, 9.17) is 9.47 Å². The number of esters is 2. The van der Waals surface area contributed by atoms with Gasteiger partial charge in [-0.25, -0.2) is 4.79 Å². The lowest BCUT2D eigenvalue weighted by molar-refractivity contribution is -0.870. The summed E-state index contributed by atoms with van der Waals surface area (Å²) in [4.78, 5) is 23.3. The van der Waals surface area contributed by atoms with Crippen molar-refractivity contribution in [1.82, 2.24) is 0 Å². The molecule has 0 aliphatic rings. The summed E-state index contributed by atoms with van der Waals surface area (Å²) in [6, 6.07) is 0. The zero-order chi connectivity index (χ0) is 17.4. The second kappa shape index (κ2) is 8.90. The van der Waals surface area contributed by atoms with Gasteiger partial charge in [0, 0.05) is 12.0 Å². The molecule has 0 aromatic rings. The molecule has 6 nitrogen and oxygen atoms in total. The lowest BCUT2D eigenvalue weighted by Gasteiger charge is -2.23. The second-order valence-corrected chi connectivity index (χ2v) is 7.49.